The molecular weight excluding hydrogens is 454 g/mol. The second kappa shape index (κ2) is 8.36. The second-order valence-corrected chi connectivity index (χ2v) is 11.0. The molecule has 2 bridgehead atoms. The molecule has 2 saturated heterocycles. The van der Waals surface area contributed by atoms with E-state index >= 15 is 0 Å². The molecule has 4 aromatic rings. The van der Waals surface area contributed by atoms with Crippen molar-refractivity contribution < 1.29 is 9.84 Å². The number of piperidine rings is 1. The van der Waals surface area contributed by atoms with E-state index in [2.05, 4.69) is 16.9 Å². The van der Waals surface area contributed by atoms with Crippen LogP contribution in [0.4, 0.5) is 0 Å². The van der Waals surface area contributed by atoms with Gasteiger partial charge in [-0.2, -0.15) is 0 Å². The maximum absolute atomic E-state index is 13.2. The van der Waals surface area contributed by atoms with E-state index in [1.165, 1.54) is 35.5 Å². The lowest BCUT2D eigenvalue weighted by atomic mass is 10.0. The quantitative estimate of drug-likeness (QED) is 0.453. The summed E-state index contributed by atoms with van der Waals surface area (Å²) in [5.41, 5.74) is 1.23. The first-order valence-electron chi connectivity index (χ1n) is 11.3. The smallest absolute Gasteiger partial charge is 0.275 e. The molecule has 6 rings (SSSR count). The van der Waals surface area contributed by atoms with E-state index in [0.29, 0.717) is 22.3 Å². The molecule has 8 heteroatoms. The van der Waals surface area contributed by atoms with Gasteiger partial charge in [-0.05, 0) is 74.5 Å². The van der Waals surface area contributed by atoms with Crippen LogP contribution in [-0.4, -0.2) is 44.8 Å². The Balaban J connectivity index is 1.23. The minimum absolute atomic E-state index is 0.129. The summed E-state index contributed by atoms with van der Waals surface area (Å²) < 4.78 is 8.39. The highest BCUT2D eigenvalue weighted by Gasteiger charge is 2.39. The average molecular weight is 480 g/mol. The number of benzene rings is 1. The van der Waals surface area contributed by atoms with Crippen LogP contribution in [-0.2, 0) is 0 Å². The summed E-state index contributed by atoms with van der Waals surface area (Å²) >= 11 is 2.80. The zero-order chi connectivity index (χ0) is 22.5. The Hall–Kier alpha value is -2.52. The highest BCUT2D eigenvalue weighted by molar-refractivity contribution is 7.19. The van der Waals surface area contributed by atoms with Crippen molar-refractivity contribution in [3.8, 4) is 11.4 Å². The normalized spacial score (nSPS) is 23.8. The van der Waals surface area contributed by atoms with Crippen LogP contribution in [0.2, 0.25) is 0 Å². The highest BCUT2D eigenvalue weighted by Crippen LogP contribution is 2.36. The van der Waals surface area contributed by atoms with Gasteiger partial charge in [0.05, 0.1) is 11.2 Å². The molecule has 4 atom stereocenters. The Morgan fingerprint density at radius 1 is 1.12 bits per heavy atom. The predicted octanol–water partition coefficient (Wildman–Crippen LogP) is 4.59. The van der Waals surface area contributed by atoms with E-state index in [1.807, 2.05) is 47.8 Å². The van der Waals surface area contributed by atoms with Crippen LogP contribution < -0.4 is 10.3 Å². The molecule has 33 heavy (non-hydrogen) atoms. The lowest BCUT2D eigenvalue weighted by Crippen LogP contribution is -2.43. The Labute approximate surface area is 199 Å². The van der Waals surface area contributed by atoms with Crippen molar-refractivity contribution in [2.24, 2.45) is 0 Å². The second-order valence-electron chi connectivity index (χ2n) is 8.96. The van der Waals surface area contributed by atoms with Crippen LogP contribution >= 0.6 is 22.7 Å². The number of hydrogen-bond donors (Lipinski definition) is 1. The molecule has 0 amide bonds. The number of thiophene rings is 2. The molecule has 2 aliphatic heterocycles. The molecule has 1 N–H and O–H groups in total. The summed E-state index contributed by atoms with van der Waals surface area (Å²) in [6.07, 6.45) is 5.77. The van der Waals surface area contributed by atoms with Crippen LogP contribution in [0.15, 0.2) is 59.0 Å². The fourth-order valence-corrected chi connectivity index (χ4v) is 7.02. The molecule has 2 unspecified atom stereocenters. The standard InChI is InChI=1S/C25H25N3O3S2/c1-27-16-4-5-17(27)12-19(11-16)31-18-8-6-15(7-9-18)28-14-26-20-13-22(33-24(20)25(28)30)23(29)21-3-2-10-32-21/h2-3,6-10,13-14,16-17,19,23,29H,4-5,11-12H2,1H3/t16-,17+,19?,23?. The van der Waals surface area contributed by atoms with Gasteiger partial charge in [0.2, 0.25) is 0 Å². The number of aromatic nitrogens is 2. The number of hydrogen-bond acceptors (Lipinski definition) is 7. The SMILES string of the molecule is CN1[C@@H]2CC[C@H]1CC(Oc1ccc(-n3cnc4cc(C(O)c5cccs5)sc4c3=O)cc1)C2. The molecule has 6 nitrogen and oxygen atoms in total. The molecule has 0 saturated carbocycles. The molecule has 0 radical (unpaired) electrons. The zero-order valence-electron chi connectivity index (χ0n) is 18.3. The van der Waals surface area contributed by atoms with Crippen LogP contribution in [0.5, 0.6) is 5.75 Å². The largest absolute Gasteiger partial charge is 0.490 e. The number of fused-ring (bicyclic) bond motifs is 3. The molecule has 2 fully saturated rings. The van der Waals surface area contributed by atoms with Crippen molar-refractivity contribution in [3.63, 3.8) is 0 Å². The Bertz CT molecular complexity index is 1320. The van der Waals surface area contributed by atoms with Gasteiger partial charge in [0.25, 0.3) is 5.56 Å². The summed E-state index contributed by atoms with van der Waals surface area (Å²) in [6, 6.07) is 14.6. The number of nitrogens with zero attached hydrogens (tertiary/aromatic N) is 3. The molecule has 0 spiro atoms. The molecule has 5 heterocycles. The van der Waals surface area contributed by atoms with Crippen molar-refractivity contribution in [2.45, 2.75) is 50.0 Å². The Morgan fingerprint density at radius 3 is 2.58 bits per heavy atom. The number of ether oxygens (including phenoxy) is 1. The van der Waals surface area contributed by atoms with Gasteiger partial charge in [0, 0.05) is 21.8 Å². The van der Waals surface area contributed by atoms with Crippen molar-refractivity contribution >= 4 is 32.9 Å². The number of rotatable bonds is 5. The molecular formula is C25H25N3O3S2. The van der Waals surface area contributed by atoms with Gasteiger partial charge in [-0.15, -0.1) is 22.7 Å². The highest BCUT2D eigenvalue weighted by atomic mass is 32.1. The van der Waals surface area contributed by atoms with Gasteiger partial charge in [-0.25, -0.2) is 4.98 Å². The van der Waals surface area contributed by atoms with Gasteiger partial charge < -0.3 is 14.7 Å². The Morgan fingerprint density at radius 2 is 1.88 bits per heavy atom. The van der Waals surface area contributed by atoms with Crippen molar-refractivity contribution in [3.05, 3.63) is 74.3 Å². The van der Waals surface area contributed by atoms with E-state index in [4.69, 9.17) is 4.74 Å². The summed E-state index contributed by atoms with van der Waals surface area (Å²) in [5, 5.41) is 12.6. The van der Waals surface area contributed by atoms with Crippen LogP contribution in [0.25, 0.3) is 15.9 Å². The third-order valence-electron chi connectivity index (χ3n) is 7.01. The Kier molecular flexibility index (Phi) is 5.33. The molecule has 3 aromatic heterocycles. The fraction of sp³-hybridized carbons (Fsp3) is 0.360. The van der Waals surface area contributed by atoms with E-state index < -0.39 is 6.10 Å². The van der Waals surface area contributed by atoms with Crippen molar-refractivity contribution in [1.82, 2.24) is 14.5 Å². The van der Waals surface area contributed by atoms with Gasteiger partial charge in [0.1, 0.15) is 29.0 Å². The molecule has 0 aliphatic carbocycles. The maximum atomic E-state index is 13.2. The van der Waals surface area contributed by atoms with Crippen LogP contribution in [0.1, 0.15) is 41.5 Å². The minimum Gasteiger partial charge on any atom is -0.490 e. The summed E-state index contributed by atoms with van der Waals surface area (Å²) in [4.78, 5) is 21.8. The average Bonchev–Trinajstić information content (AvgIpc) is 3.54. The number of aliphatic hydroxyl groups is 1. The molecule has 170 valence electrons. The third kappa shape index (κ3) is 3.81. The first-order valence-corrected chi connectivity index (χ1v) is 13.0. The monoisotopic (exact) mass is 479 g/mol. The molecule has 2 aliphatic rings. The van der Waals surface area contributed by atoms with Crippen molar-refractivity contribution in [1.29, 1.82) is 0 Å². The predicted molar refractivity (Wildman–Crippen MR) is 132 cm³/mol. The molecule has 1 aromatic carbocycles. The van der Waals surface area contributed by atoms with Crippen LogP contribution in [0.3, 0.4) is 0 Å². The van der Waals surface area contributed by atoms with E-state index in [0.717, 1.165) is 34.0 Å². The van der Waals surface area contributed by atoms with Crippen molar-refractivity contribution in [2.75, 3.05) is 7.05 Å². The van der Waals surface area contributed by atoms with Gasteiger partial charge in [-0.1, -0.05) is 6.07 Å². The lowest BCUT2D eigenvalue weighted by molar-refractivity contribution is 0.0662. The topological polar surface area (TPSA) is 67.6 Å². The van der Waals surface area contributed by atoms with Gasteiger partial charge >= 0.3 is 0 Å². The van der Waals surface area contributed by atoms with Gasteiger partial charge in [0.15, 0.2) is 0 Å². The van der Waals surface area contributed by atoms with E-state index in [-0.39, 0.29) is 11.7 Å². The van der Waals surface area contributed by atoms with Gasteiger partial charge in [-0.3, -0.25) is 9.36 Å². The summed E-state index contributed by atoms with van der Waals surface area (Å²) in [7, 11) is 2.23. The number of aliphatic hydroxyl groups excluding tert-OH is 1. The first-order chi connectivity index (χ1) is 16.1. The first kappa shape index (κ1) is 21.0. The summed E-state index contributed by atoms with van der Waals surface area (Å²) in [6.45, 7) is 0. The van der Waals surface area contributed by atoms with E-state index in [1.54, 1.807) is 10.9 Å². The zero-order valence-corrected chi connectivity index (χ0v) is 19.9. The summed E-state index contributed by atoms with van der Waals surface area (Å²) in [5.74, 6) is 0.840. The lowest BCUT2D eigenvalue weighted by Gasteiger charge is -2.36. The van der Waals surface area contributed by atoms with Crippen LogP contribution in [0, 0.1) is 0 Å². The van der Waals surface area contributed by atoms with E-state index in [9.17, 15) is 9.90 Å². The maximum Gasteiger partial charge on any atom is 0.275 e. The fourth-order valence-electron chi connectivity index (χ4n) is 5.17. The minimum atomic E-state index is -0.733. The third-order valence-corrected chi connectivity index (χ3v) is 9.10.